The van der Waals surface area contributed by atoms with E-state index < -0.39 is 11.7 Å². The first-order chi connectivity index (χ1) is 13.0. The highest BCUT2D eigenvalue weighted by Gasteiger charge is 2.12. The quantitative estimate of drug-likeness (QED) is 0.676. The molecule has 27 heavy (non-hydrogen) atoms. The summed E-state index contributed by atoms with van der Waals surface area (Å²) in [5.41, 5.74) is 0.908. The molecule has 2 N–H and O–H groups in total. The molecule has 0 unspecified atom stereocenters. The zero-order chi connectivity index (χ0) is 19.2. The van der Waals surface area contributed by atoms with Crippen molar-refractivity contribution in [3.63, 3.8) is 0 Å². The first-order valence-electron chi connectivity index (χ1n) is 8.45. The number of nitrogens with zero attached hydrogens (tertiary/aromatic N) is 2. The second-order valence-corrected chi connectivity index (χ2v) is 6.03. The summed E-state index contributed by atoms with van der Waals surface area (Å²) in [6.45, 7) is 3.89. The number of nitrogens with one attached hydrogen (secondary N) is 2. The Morgan fingerprint density at radius 2 is 1.67 bits per heavy atom. The number of carbonyl (C=O) groups excluding carboxylic acids is 1. The molecule has 138 valence electrons. The number of hydrogen-bond acceptors (Lipinski definition) is 5. The molecule has 0 saturated carbocycles. The Labute approximate surface area is 156 Å². The monoisotopic (exact) mass is 366 g/mol. The molecule has 0 atom stereocenters. The van der Waals surface area contributed by atoms with Gasteiger partial charge in [0.1, 0.15) is 11.6 Å². The maximum Gasteiger partial charge on any atom is 0.276 e. The summed E-state index contributed by atoms with van der Waals surface area (Å²) in [6.07, 6.45) is 0.0310. The fourth-order valence-electron chi connectivity index (χ4n) is 2.33. The van der Waals surface area contributed by atoms with E-state index >= 15 is 0 Å². The van der Waals surface area contributed by atoms with Crippen molar-refractivity contribution in [1.82, 2.24) is 10.2 Å². The predicted octanol–water partition coefficient (Wildman–Crippen LogP) is 4.40. The van der Waals surface area contributed by atoms with E-state index in [1.165, 1.54) is 18.2 Å². The number of rotatable bonds is 6. The van der Waals surface area contributed by atoms with Crippen molar-refractivity contribution >= 4 is 23.1 Å². The molecule has 3 rings (SSSR count). The summed E-state index contributed by atoms with van der Waals surface area (Å²) in [4.78, 5) is 12.2. The minimum atomic E-state index is -0.539. The molecule has 6 nitrogen and oxygen atoms in total. The molecule has 1 amide bonds. The molecule has 3 aromatic rings. The number of ether oxygens (including phenoxy) is 1. The summed E-state index contributed by atoms with van der Waals surface area (Å²) in [5.74, 6) is 0.0921. The van der Waals surface area contributed by atoms with Crippen LogP contribution in [0.15, 0.2) is 60.7 Å². The van der Waals surface area contributed by atoms with Crippen LogP contribution in [0.5, 0.6) is 5.75 Å². The zero-order valence-electron chi connectivity index (χ0n) is 14.9. The van der Waals surface area contributed by atoms with Crippen LogP contribution in [0.3, 0.4) is 0 Å². The van der Waals surface area contributed by atoms with Crippen LogP contribution in [0.25, 0.3) is 0 Å². The van der Waals surface area contributed by atoms with Crippen LogP contribution in [-0.2, 0) is 0 Å². The van der Waals surface area contributed by atoms with Gasteiger partial charge in [0.15, 0.2) is 11.5 Å². The largest absolute Gasteiger partial charge is 0.489 e. The Balaban J connectivity index is 1.71. The summed E-state index contributed by atoms with van der Waals surface area (Å²) < 4.78 is 19.4. The molecule has 2 aromatic carbocycles. The van der Waals surface area contributed by atoms with Crippen LogP contribution in [-0.4, -0.2) is 22.2 Å². The van der Waals surface area contributed by atoms with Gasteiger partial charge >= 0.3 is 0 Å². The third-order valence-corrected chi connectivity index (χ3v) is 3.53. The van der Waals surface area contributed by atoms with Gasteiger partial charge in [-0.2, -0.15) is 0 Å². The van der Waals surface area contributed by atoms with Crippen LogP contribution in [0.1, 0.15) is 24.3 Å². The predicted molar refractivity (Wildman–Crippen MR) is 102 cm³/mol. The van der Waals surface area contributed by atoms with Crippen molar-refractivity contribution in [2.45, 2.75) is 20.0 Å². The molecule has 0 saturated heterocycles. The lowest BCUT2D eigenvalue weighted by atomic mass is 10.2. The average Bonchev–Trinajstić information content (AvgIpc) is 2.65. The van der Waals surface area contributed by atoms with Gasteiger partial charge in [0.25, 0.3) is 5.91 Å². The second kappa shape index (κ2) is 8.27. The Morgan fingerprint density at radius 3 is 2.33 bits per heavy atom. The van der Waals surface area contributed by atoms with Crippen LogP contribution in [0.2, 0.25) is 0 Å². The van der Waals surface area contributed by atoms with Gasteiger partial charge in [-0.05, 0) is 50.2 Å². The molecule has 0 aliphatic heterocycles. The first kappa shape index (κ1) is 18.3. The topological polar surface area (TPSA) is 76.1 Å². The molecule has 1 heterocycles. The summed E-state index contributed by atoms with van der Waals surface area (Å²) in [6, 6.07) is 16.5. The zero-order valence-corrected chi connectivity index (χ0v) is 14.9. The number of amides is 1. The molecule has 0 fully saturated rings. The van der Waals surface area contributed by atoms with Crippen molar-refractivity contribution in [2.24, 2.45) is 0 Å². The van der Waals surface area contributed by atoms with Crippen molar-refractivity contribution < 1.29 is 13.9 Å². The highest BCUT2D eigenvalue weighted by Crippen LogP contribution is 2.27. The van der Waals surface area contributed by atoms with Crippen LogP contribution in [0, 0.1) is 5.82 Å². The Hall–Kier alpha value is -3.48. The minimum absolute atomic E-state index is 0.0310. The number of para-hydroxylation sites is 3. The fourth-order valence-corrected chi connectivity index (χ4v) is 2.33. The molecular formula is C20H19FN4O2. The standard InChI is InChI=1S/C20H19FN4O2/c1-13(2)27-18-10-6-5-9-16(18)22-19-12-11-17(24-25-19)20(26)23-15-8-4-3-7-14(15)21/h3-13H,1-2H3,(H,22,25)(H,23,26). The van der Waals surface area contributed by atoms with Gasteiger partial charge in [-0.15, -0.1) is 10.2 Å². The third kappa shape index (κ3) is 4.78. The third-order valence-electron chi connectivity index (χ3n) is 3.53. The van der Waals surface area contributed by atoms with E-state index in [4.69, 9.17) is 4.74 Å². The Bertz CT molecular complexity index is 929. The van der Waals surface area contributed by atoms with Crippen LogP contribution in [0.4, 0.5) is 21.6 Å². The molecule has 0 bridgehead atoms. The average molecular weight is 366 g/mol. The van der Waals surface area contributed by atoms with Gasteiger partial charge in [-0.25, -0.2) is 4.39 Å². The normalized spacial score (nSPS) is 10.5. The Morgan fingerprint density at radius 1 is 0.963 bits per heavy atom. The summed E-state index contributed by atoms with van der Waals surface area (Å²) in [5, 5.41) is 13.5. The number of halogens is 1. The molecule has 7 heteroatoms. The van der Waals surface area contributed by atoms with Crippen molar-refractivity contribution in [3.8, 4) is 5.75 Å². The number of hydrogen-bond donors (Lipinski definition) is 2. The minimum Gasteiger partial charge on any atom is -0.489 e. The van der Waals surface area contributed by atoms with E-state index in [1.54, 1.807) is 18.2 Å². The second-order valence-electron chi connectivity index (χ2n) is 6.03. The van der Waals surface area contributed by atoms with E-state index in [2.05, 4.69) is 20.8 Å². The number of benzene rings is 2. The lowest BCUT2D eigenvalue weighted by Gasteiger charge is -2.14. The fraction of sp³-hybridized carbons (Fsp3) is 0.150. The summed E-state index contributed by atoms with van der Waals surface area (Å²) >= 11 is 0. The maximum absolute atomic E-state index is 13.6. The molecule has 1 aromatic heterocycles. The lowest BCUT2D eigenvalue weighted by molar-refractivity contribution is 0.102. The van der Waals surface area contributed by atoms with Crippen molar-refractivity contribution in [3.05, 3.63) is 72.2 Å². The van der Waals surface area contributed by atoms with Gasteiger partial charge in [-0.3, -0.25) is 4.79 Å². The van der Waals surface area contributed by atoms with E-state index in [0.29, 0.717) is 11.6 Å². The van der Waals surface area contributed by atoms with Crippen molar-refractivity contribution in [2.75, 3.05) is 10.6 Å². The number of carbonyl (C=O) groups is 1. The van der Waals surface area contributed by atoms with E-state index in [0.717, 1.165) is 5.69 Å². The SMILES string of the molecule is CC(C)Oc1ccccc1Nc1ccc(C(=O)Nc2ccccc2F)nn1. The van der Waals surface area contributed by atoms with Gasteiger partial charge < -0.3 is 15.4 Å². The first-order valence-corrected chi connectivity index (χ1v) is 8.45. The van der Waals surface area contributed by atoms with Gasteiger partial charge in [-0.1, -0.05) is 24.3 Å². The molecule has 0 aliphatic carbocycles. The maximum atomic E-state index is 13.6. The number of anilines is 3. The van der Waals surface area contributed by atoms with Crippen molar-refractivity contribution in [1.29, 1.82) is 0 Å². The number of aromatic nitrogens is 2. The molecular weight excluding hydrogens is 347 g/mol. The highest BCUT2D eigenvalue weighted by atomic mass is 19.1. The van der Waals surface area contributed by atoms with E-state index in [-0.39, 0.29) is 17.5 Å². The molecule has 0 radical (unpaired) electrons. The smallest absolute Gasteiger partial charge is 0.276 e. The van der Waals surface area contributed by atoms with Gasteiger partial charge in [0.05, 0.1) is 17.5 Å². The molecule has 0 spiro atoms. The van der Waals surface area contributed by atoms with Crippen LogP contribution >= 0.6 is 0 Å². The lowest BCUT2D eigenvalue weighted by Crippen LogP contribution is -2.15. The van der Waals surface area contributed by atoms with Gasteiger partial charge in [0.2, 0.25) is 0 Å². The summed E-state index contributed by atoms with van der Waals surface area (Å²) in [7, 11) is 0. The highest BCUT2D eigenvalue weighted by molar-refractivity contribution is 6.02. The van der Waals surface area contributed by atoms with Crippen LogP contribution < -0.4 is 15.4 Å². The van der Waals surface area contributed by atoms with Gasteiger partial charge in [0, 0.05) is 0 Å². The molecule has 0 aliphatic rings. The van der Waals surface area contributed by atoms with E-state index in [9.17, 15) is 9.18 Å². The van der Waals surface area contributed by atoms with E-state index in [1.807, 2.05) is 38.1 Å². The Kier molecular flexibility index (Phi) is 5.61.